The zero-order valence-electron chi connectivity index (χ0n) is 24.5. The van der Waals surface area contributed by atoms with Crippen molar-refractivity contribution < 1.29 is 41.5 Å². The fourth-order valence-corrected chi connectivity index (χ4v) is 4.08. The normalized spacial score (nSPS) is 12.6. The number of nitrogens with one attached hydrogen (secondary N) is 1. The Hall–Kier alpha value is -2.80. The summed E-state index contributed by atoms with van der Waals surface area (Å²) in [7, 11) is 1.35. The first-order chi connectivity index (χ1) is 18.8. The van der Waals surface area contributed by atoms with E-state index in [9.17, 15) is 22.6 Å². The van der Waals surface area contributed by atoms with Gasteiger partial charge in [-0.15, -0.1) is 12.4 Å². The van der Waals surface area contributed by atoms with Gasteiger partial charge in [-0.2, -0.15) is 0 Å². The third kappa shape index (κ3) is 13.9. The smallest absolute Gasteiger partial charge is 0.307 e. The highest BCUT2D eigenvalue weighted by Crippen LogP contribution is 2.26. The van der Waals surface area contributed by atoms with Gasteiger partial charge in [0, 0.05) is 6.04 Å². The van der Waals surface area contributed by atoms with Gasteiger partial charge in [0.2, 0.25) is 0 Å². The Labute approximate surface area is 256 Å². The molecule has 240 valence electrons. The number of methoxy groups -OCH3 is 2. The maximum Gasteiger partial charge on any atom is 0.307 e. The Morgan fingerprint density at radius 1 is 0.881 bits per heavy atom. The van der Waals surface area contributed by atoms with E-state index >= 15 is 0 Å². The van der Waals surface area contributed by atoms with E-state index in [1.807, 2.05) is 20.8 Å². The first-order valence-electron chi connectivity index (χ1n) is 12.7. The highest BCUT2D eigenvalue weighted by molar-refractivity contribution is 7.84. The molecule has 0 bridgehead atoms. The summed E-state index contributed by atoms with van der Waals surface area (Å²) >= 11 is 0. The fraction of sp³-hybridized carbons (Fsp3) is 0.517. The number of hydrogen-bond donors (Lipinski definition) is 2. The van der Waals surface area contributed by atoms with Crippen molar-refractivity contribution >= 4 is 35.3 Å². The van der Waals surface area contributed by atoms with E-state index in [1.54, 1.807) is 26.0 Å². The minimum absolute atomic E-state index is 0. The van der Waals surface area contributed by atoms with Crippen LogP contribution in [0.2, 0.25) is 0 Å². The third-order valence-electron chi connectivity index (χ3n) is 5.36. The van der Waals surface area contributed by atoms with Crippen LogP contribution < -0.4 is 19.9 Å². The Bertz CT molecular complexity index is 1150. The first kappa shape index (κ1) is 41.3. The zero-order chi connectivity index (χ0) is 30.5. The monoisotopic (exact) mass is 638 g/mol. The molecular formula is C29H45ClF2N2O7S. The summed E-state index contributed by atoms with van der Waals surface area (Å²) in [5.41, 5.74) is 6.82. The van der Waals surface area contributed by atoms with Crippen LogP contribution in [0.15, 0.2) is 36.4 Å². The first-order valence-corrected chi connectivity index (χ1v) is 13.8. The number of rotatable bonds is 12. The topological polar surface area (TPSA) is 126 Å². The highest BCUT2D eigenvalue weighted by atomic mass is 35.5. The summed E-state index contributed by atoms with van der Waals surface area (Å²) < 4.78 is 61.4. The zero-order valence-corrected chi connectivity index (χ0v) is 26.1. The lowest BCUT2D eigenvalue weighted by Crippen LogP contribution is -2.36. The number of halogens is 3. The number of carbonyl (C=O) groups excluding carboxylic acids is 2. The second-order valence-corrected chi connectivity index (χ2v) is 11.5. The molecule has 0 aromatic heterocycles. The van der Waals surface area contributed by atoms with Gasteiger partial charge >= 0.3 is 11.9 Å². The maximum absolute atomic E-state index is 13.9. The molecule has 42 heavy (non-hydrogen) atoms. The van der Waals surface area contributed by atoms with Crippen molar-refractivity contribution in [2.75, 3.05) is 27.4 Å². The fourth-order valence-electron chi connectivity index (χ4n) is 3.25. The molecule has 2 rings (SSSR count). The van der Waals surface area contributed by atoms with Crippen molar-refractivity contribution in [3.63, 3.8) is 0 Å². The Morgan fingerprint density at radius 2 is 1.31 bits per heavy atom. The molecule has 0 amide bonds. The van der Waals surface area contributed by atoms with E-state index in [0.717, 1.165) is 0 Å². The lowest BCUT2D eigenvalue weighted by molar-refractivity contribution is -0.144. The van der Waals surface area contributed by atoms with Crippen molar-refractivity contribution in [3.05, 3.63) is 59.2 Å². The summed E-state index contributed by atoms with van der Waals surface area (Å²) in [6, 6.07) is 7.58. The molecule has 13 heteroatoms. The lowest BCUT2D eigenvalue weighted by Gasteiger charge is -2.24. The number of esters is 2. The number of ether oxygens (including phenoxy) is 4. The van der Waals surface area contributed by atoms with Crippen molar-refractivity contribution in [1.29, 1.82) is 0 Å². The van der Waals surface area contributed by atoms with Crippen LogP contribution in [0.1, 0.15) is 78.1 Å². The van der Waals surface area contributed by atoms with Gasteiger partial charge in [-0.1, -0.05) is 19.6 Å². The van der Waals surface area contributed by atoms with Crippen molar-refractivity contribution in [3.8, 4) is 11.5 Å². The average Bonchev–Trinajstić information content (AvgIpc) is 2.88. The molecule has 0 aliphatic carbocycles. The minimum Gasteiger partial charge on any atom is -0.494 e. The number of benzene rings is 2. The lowest BCUT2D eigenvalue weighted by atomic mass is 10.0. The van der Waals surface area contributed by atoms with Crippen LogP contribution in [0.4, 0.5) is 8.78 Å². The largest absolute Gasteiger partial charge is 0.494 e. The van der Waals surface area contributed by atoms with Gasteiger partial charge in [0.1, 0.15) is 0 Å². The van der Waals surface area contributed by atoms with Crippen LogP contribution in [0.3, 0.4) is 0 Å². The van der Waals surface area contributed by atoms with Crippen LogP contribution in [-0.4, -0.2) is 48.3 Å². The van der Waals surface area contributed by atoms with E-state index in [0.29, 0.717) is 17.7 Å². The van der Waals surface area contributed by atoms with E-state index in [2.05, 4.69) is 4.72 Å². The van der Waals surface area contributed by atoms with E-state index in [-0.39, 0.29) is 50.8 Å². The van der Waals surface area contributed by atoms with Crippen molar-refractivity contribution in [2.24, 2.45) is 5.73 Å². The molecule has 0 heterocycles. The molecule has 0 fully saturated rings. The van der Waals surface area contributed by atoms with E-state index < -0.39 is 51.4 Å². The molecule has 3 atom stereocenters. The molecule has 0 unspecified atom stereocenters. The number of carbonyl (C=O) groups is 2. The molecule has 2 aromatic rings. The molecule has 2 aromatic carbocycles. The Morgan fingerprint density at radius 3 is 1.71 bits per heavy atom. The van der Waals surface area contributed by atoms with Gasteiger partial charge in [0.05, 0.1) is 62.0 Å². The molecular weight excluding hydrogens is 594 g/mol. The molecule has 0 radical (unpaired) electrons. The SMILES string of the molecule is C.CCOC(=O)C[C@H](N)c1ccc(OC)c(F)c1.CCOC(=O)C[C@H](N[S@](=O)C(C)(C)C)c1ccc(OC)c(F)c1.Cl. The molecule has 0 saturated carbocycles. The maximum atomic E-state index is 13.9. The molecule has 3 N–H and O–H groups in total. The van der Waals surface area contributed by atoms with Crippen LogP contribution in [0, 0.1) is 11.6 Å². The van der Waals surface area contributed by atoms with Crippen LogP contribution in [-0.2, 0) is 30.0 Å². The Balaban J connectivity index is 0. The average molecular weight is 639 g/mol. The summed E-state index contributed by atoms with van der Waals surface area (Å²) in [6.45, 7) is 9.43. The number of nitrogens with two attached hydrogens (primary N) is 1. The van der Waals surface area contributed by atoms with Gasteiger partial charge in [0.25, 0.3) is 0 Å². The molecule has 0 saturated heterocycles. The van der Waals surface area contributed by atoms with Gasteiger partial charge in [-0.3, -0.25) is 9.59 Å². The summed E-state index contributed by atoms with van der Waals surface area (Å²) in [5.74, 6) is -1.60. The standard InChI is InChI=1S/C16H24FNO4S.C12H16FNO3.CH4.ClH/c1-6-22-15(19)10-13(18-23(20)16(2,3)4)11-7-8-14(21-5)12(17)9-11;1-3-17-12(15)7-10(14)8-4-5-11(16-2)9(13)6-8;;/h7-9,13,18H,6,10H2,1-5H3;4-6,10H,3,7,14H2,1-2H3;1H4;1H/t13-,23+;10-;;/m00../s1. The molecule has 0 aliphatic rings. The molecule has 0 spiro atoms. The highest BCUT2D eigenvalue weighted by Gasteiger charge is 2.26. The van der Waals surface area contributed by atoms with Crippen molar-refractivity contribution in [1.82, 2.24) is 4.72 Å². The van der Waals surface area contributed by atoms with E-state index in [4.69, 9.17) is 24.7 Å². The van der Waals surface area contributed by atoms with Crippen molar-refractivity contribution in [2.45, 2.75) is 71.7 Å². The molecule has 0 aliphatic heterocycles. The van der Waals surface area contributed by atoms with Gasteiger partial charge in [-0.05, 0) is 70.0 Å². The second kappa shape index (κ2) is 20.2. The Kier molecular flexibility index (Phi) is 19.8. The number of hydrogen-bond acceptors (Lipinski definition) is 8. The van der Waals surface area contributed by atoms with E-state index in [1.165, 1.54) is 38.5 Å². The quantitative estimate of drug-likeness (QED) is 0.283. The summed E-state index contributed by atoms with van der Waals surface area (Å²) in [5, 5.41) is 0. The molecule has 9 nitrogen and oxygen atoms in total. The summed E-state index contributed by atoms with van der Waals surface area (Å²) in [6.07, 6.45) is -0.0129. The van der Waals surface area contributed by atoms with Gasteiger partial charge in [0.15, 0.2) is 23.1 Å². The van der Waals surface area contributed by atoms with Gasteiger partial charge in [-0.25, -0.2) is 17.7 Å². The second-order valence-electron chi connectivity index (χ2n) is 9.46. The van der Waals surface area contributed by atoms with Crippen LogP contribution in [0.25, 0.3) is 0 Å². The predicted molar refractivity (Wildman–Crippen MR) is 163 cm³/mol. The van der Waals surface area contributed by atoms with Crippen LogP contribution in [0.5, 0.6) is 11.5 Å². The van der Waals surface area contributed by atoms with Crippen LogP contribution >= 0.6 is 12.4 Å². The summed E-state index contributed by atoms with van der Waals surface area (Å²) in [4.78, 5) is 23.0. The minimum atomic E-state index is -1.41. The van der Waals surface area contributed by atoms with Gasteiger partial charge < -0.3 is 24.7 Å². The third-order valence-corrected chi connectivity index (χ3v) is 6.97. The predicted octanol–water partition coefficient (Wildman–Crippen LogP) is 5.73.